The molecule has 6 nitrogen and oxygen atoms in total. The molecule has 1 aliphatic rings. The van der Waals surface area contributed by atoms with E-state index in [0.717, 1.165) is 36.4 Å². The Labute approximate surface area is 125 Å². The van der Waals surface area contributed by atoms with Crippen molar-refractivity contribution >= 4 is 22.8 Å². The average molecular weight is 288 g/mol. The first-order valence-corrected chi connectivity index (χ1v) is 8.05. The van der Waals surface area contributed by atoms with Crippen molar-refractivity contribution in [2.24, 2.45) is 0 Å². The molecular weight excluding hydrogens is 264 g/mol. The van der Waals surface area contributed by atoms with Gasteiger partial charge in [-0.05, 0) is 26.2 Å². The lowest BCUT2D eigenvalue weighted by Gasteiger charge is -2.30. The second-order valence-corrected chi connectivity index (χ2v) is 5.64. The van der Waals surface area contributed by atoms with Gasteiger partial charge in [0.1, 0.15) is 5.82 Å². The van der Waals surface area contributed by atoms with Gasteiger partial charge in [0.05, 0.1) is 11.6 Å². The van der Waals surface area contributed by atoms with E-state index >= 15 is 0 Å². The fraction of sp³-hybridized carbons (Fsp3) is 0.667. The Kier molecular flexibility index (Phi) is 4.22. The zero-order valence-electron chi connectivity index (χ0n) is 12.9. The second kappa shape index (κ2) is 6.28. The first-order chi connectivity index (χ1) is 10.3. The molecule has 1 aliphatic heterocycles. The maximum Gasteiger partial charge on any atom is 0.226 e. The van der Waals surface area contributed by atoms with Gasteiger partial charge in [0, 0.05) is 19.1 Å². The van der Waals surface area contributed by atoms with E-state index in [1.54, 1.807) is 0 Å². The van der Waals surface area contributed by atoms with Crippen LogP contribution in [-0.4, -0.2) is 39.3 Å². The highest BCUT2D eigenvalue weighted by Crippen LogP contribution is 2.30. The van der Waals surface area contributed by atoms with Crippen molar-refractivity contribution in [3.05, 3.63) is 6.20 Å². The third-order valence-corrected chi connectivity index (χ3v) is 4.24. The summed E-state index contributed by atoms with van der Waals surface area (Å²) in [5.41, 5.74) is 0.815. The Morgan fingerprint density at radius 1 is 1.29 bits per heavy atom. The summed E-state index contributed by atoms with van der Waals surface area (Å²) < 4.78 is 0. The highest BCUT2D eigenvalue weighted by atomic mass is 15.3. The number of rotatable bonds is 4. The Balaban J connectivity index is 2.05. The van der Waals surface area contributed by atoms with Crippen LogP contribution in [0.25, 0.3) is 11.0 Å². The lowest BCUT2D eigenvalue weighted by molar-refractivity contribution is 0.553. The molecule has 0 amide bonds. The van der Waals surface area contributed by atoms with E-state index in [2.05, 4.69) is 39.2 Å². The molecule has 1 atom stereocenters. The number of nitrogens with zero attached hydrogens (tertiary/aromatic N) is 4. The zero-order chi connectivity index (χ0) is 14.7. The molecule has 0 aromatic carbocycles. The van der Waals surface area contributed by atoms with Crippen molar-refractivity contribution in [1.82, 2.24) is 20.2 Å². The minimum Gasteiger partial charge on any atom is -0.354 e. The standard InChI is InChI=1S/C15H24N6/c1-3-11-8-6-5-7-9-21(11)14-12-10-17-20-13(12)18-15(19-14)16-4-2/h10-11H,3-9H2,1-2H3,(H2,16,17,18,19,20). The molecule has 0 aliphatic carbocycles. The number of nitrogens with one attached hydrogen (secondary N) is 2. The smallest absolute Gasteiger partial charge is 0.226 e. The van der Waals surface area contributed by atoms with E-state index in [1.165, 1.54) is 25.7 Å². The number of H-pyrrole nitrogens is 1. The first-order valence-electron chi connectivity index (χ1n) is 8.05. The van der Waals surface area contributed by atoms with E-state index < -0.39 is 0 Å². The quantitative estimate of drug-likeness (QED) is 0.905. The van der Waals surface area contributed by atoms with Gasteiger partial charge < -0.3 is 10.2 Å². The third kappa shape index (κ3) is 2.80. The van der Waals surface area contributed by atoms with E-state index in [9.17, 15) is 0 Å². The summed E-state index contributed by atoms with van der Waals surface area (Å²) in [7, 11) is 0. The number of aromatic amines is 1. The van der Waals surface area contributed by atoms with Crippen LogP contribution in [0.15, 0.2) is 6.20 Å². The van der Waals surface area contributed by atoms with E-state index in [4.69, 9.17) is 4.98 Å². The van der Waals surface area contributed by atoms with Gasteiger partial charge in [0.2, 0.25) is 5.95 Å². The van der Waals surface area contributed by atoms with Gasteiger partial charge in [-0.25, -0.2) is 0 Å². The molecule has 6 heteroatoms. The first kappa shape index (κ1) is 14.1. The van der Waals surface area contributed by atoms with Crippen LogP contribution in [0.1, 0.15) is 46.0 Å². The van der Waals surface area contributed by atoms with E-state index in [1.807, 2.05) is 6.20 Å². The lowest BCUT2D eigenvalue weighted by atomic mass is 10.1. The van der Waals surface area contributed by atoms with Crippen LogP contribution in [0.4, 0.5) is 11.8 Å². The zero-order valence-corrected chi connectivity index (χ0v) is 12.9. The molecule has 3 rings (SSSR count). The highest BCUT2D eigenvalue weighted by molar-refractivity contribution is 5.87. The van der Waals surface area contributed by atoms with Crippen LogP contribution in [0, 0.1) is 0 Å². The minimum atomic E-state index is 0.565. The molecular formula is C15H24N6. The molecule has 0 saturated carbocycles. The number of hydrogen-bond donors (Lipinski definition) is 2. The van der Waals surface area contributed by atoms with Gasteiger partial charge in [0.25, 0.3) is 0 Å². The van der Waals surface area contributed by atoms with E-state index in [-0.39, 0.29) is 0 Å². The summed E-state index contributed by atoms with van der Waals surface area (Å²) in [6, 6.07) is 0.565. The van der Waals surface area contributed by atoms with E-state index in [0.29, 0.717) is 12.0 Å². The van der Waals surface area contributed by atoms with Gasteiger partial charge >= 0.3 is 0 Å². The van der Waals surface area contributed by atoms with Crippen LogP contribution in [0.3, 0.4) is 0 Å². The minimum absolute atomic E-state index is 0.565. The Hall–Kier alpha value is -1.85. The molecule has 0 spiro atoms. The predicted molar refractivity (Wildman–Crippen MR) is 85.7 cm³/mol. The maximum atomic E-state index is 4.77. The van der Waals surface area contributed by atoms with Crippen LogP contribution >= 0.6 is 0 Å². The molecule has 3 heterocycles. The molecule has 2 N–H and O–H groups in total. The van der Waals surface area contributed by atoms with Gasteiger partial charge in [-0.3, -0.25) is 5.10 Å². The Bertz CT molecular complexity index is 593. The summed E-state index contributed by atoms with van der Waals surface area (Å²) in [6.45, 7) is 6.21. The van der Waals surface area contributed by atoms with Crippen LogP contribution in [-0.2, 0) is 0 Å². The van der Waals surface area contributed by atoms with Crippen molar-refractivity contribution in [2.75, 3.05) is 23.3 Å². The summed E-state index contributed by atoms with van der Waals surface area (Å²) in [5.74, 6) is 1.71. The normalized spacial score (nSPS) is 19.7. The number of fused-ring (bicyclic) bond motifs is 1. The Morgan fingerprint density at radius 3 is 3.00 bits per heavy atom. The molecule has 2 aromatic heterocycles. The van der Waals surface area contributed by atoms with Gasteiger partial charge in [-0.1, -0.05) is 19.8 Å². The molecule has 1 saturated heterocycles. The molecule has 2 aromatic rings. The molecule has 114 valence electrons. The molecule has 0 bridgehead atoms. The monoisotopic (exact) mass is 288 g/mol. The predicted octanol–water partition coefficient (Wildman–Crippen LogP) is 2.94. The van der Waals surface area contributed by atoms with Crippen molar-refractivity contribution in [3.63, 3.8) is 0 Å². The molecule has 1 fully saturated rings. The topological polar surface area (TPSA) is 69.7 Å². The van der Waals surface area contributed by atoms with Crippen LogP contribution in [0.2, 0.25) is 0 Å². The van der Waals surface area contributed by atoms with Gasteiger partial charge in [-0.15, -0.1) is 0 Å². The fourth-order valence-corrected chi connectivity index (χ4v) is 3.16. The lowest BCUT2D eigenvalue weighted by Crippen LogP contribution is -2.35. The summed E-state index contributed by atoms with van der Waals surface area (Å²) in [5, 5.41) is 11.4. The molecule has 0 radical (unpaired) electrons. The van der Waals surface area contributed by atoms with Crippen molar-refractivity contribution in [1.29, 1.82) is 0 Å². The number of aromatic nitrogens is 4. The number of hydrogen-bond acceptors (Lipinski definition) is 5. The second-order valence-electron chi connectivity index (χ2n) is 5.64. The van der Waals surface area contributed by atoms with Crippen molar-refractivity contribution in [2.45, 2.75) is 52.0 Å². The summed E-state index contributed by atoms with van der Waals surface area (Å²) in [6.07, 6.45) is 8.10. The van der Waals surface area contributed by atoms with Crippen LogP contribution < -0.4 is 10.2 Å². The van der Waals surface area contributed by atoms with Crippen molar-refractivity contribution < 1.29 is 0 Å². The average Bonchev–Trinajstić information content (AvgIpc) is 2.83. The van der Waals surface area contributed by atoms with Crippen molar-refractivity contribution in [3.8, 4) is 0 Å². The molecule has 1 unspecified atom stereocenters. The Morgan fingerprint density at radius 2 is 2.19 bits per heavy atom. The third-order valence-electron chi connectivity index (χ3n) is 4.24. The maximum absolute atomic E-state index is 4.77. The largest absolute Gasteiger partial charge is 0.354 e. The molecule has 21 heavy (non-hydrogen) atoms. The fourth-order valence-electron chi connectivity index (χ4n) is 3.16. The van der Waals surface area contributed by atoms with Gasteiger partial charge in [0.15, 0.2) is 5.65 Å². The summed E-state index contributed by atoms with van der Waals surface area (Å²) in [4.78, 5) is 11.7. The summed E-state index contributed by atoms with van der Waals surface area (Å²) >= 11 is 0. The number of anilines is 2. The van der Waals surface area contributed by atoms with Crippen LogP contribution in [0.5, 0.6) is 0 Å². The SMILES string of the molecule is CCNc1nc(N2CCCCCC2CC)c2cn[nH]c2n1. The highest BCUT2D eigenvalue weighted by Gasteiger charge is 2.24. The van der Waals surface area contributed by atoms with Gasteiger partial charge in [-0.2, -0.15) is 15.1 Å².